The maximum atomic E-state index is 13.9. The van der Waals surface area contributed by atoms with Crippen LogP contribution in [0.1, 0.15) is 18.4 Å². The minimum atomic E-state index is -3.38. The van der Waals surface area contributed by atoms with Gasteiger partial charge in [-0.05, 0) is 6.07 Å². The predicted octanol–water partition coefficient (Wildman–Crippen LogP) is 2.70. The van der Waals surface area contributed by atoms with Crippen LogP contribution in [0.4, 0.5) is 22.0 Å². The molecule has 0 unspecified atom stereocenters. The lowest BCUT2D eigenvalue weighted by atomic mass is 9.72. The summed E-state index contributed by atoms with van der Waals surface area (Å²) in [5.41, 5.74) is 0.781. The second-order valence-corrected chi connectivity index (χ2v) is 5.68. The highest BCUT2D eigenvalue weighted by atomic mass is 19.3. The predicted molar refractivity (Wildman–Crippen MR) is 66.8 cm³/mol. The van der Waals surface area contributed by atoms with Crippen molar-refractivity contribution in [2.75, 3.05) is 13.3 Å². The molecule has 0 spiro atoms. The molecular weight excluding hydrogens is 293 g/mol. The Balaban J connectivity index is 2.52. The fourth-order valence-electron chi connectivity index (χ4n) is 3.13. The van der Waals surface area contributed by atoms with Crippen LogP contribution in [-0.4, -0.2) is 30.0 Å². The van der Waals surface area contributed by atoms with Crippen molar-refractivity contribution in [1.29, 1.82) is 0 Å². The third-order valence-corrected chi connectivity index (χ3v) is 4.17. The first kappa shape index (κ1) is 16.2. The van der Waals surface area contributed by atoms with Crippen LogP contribution >= 0.6 is 0 Å². The molecule has 1 aromatic rings. The van der Waals surface area contributed by atoms with Crippen molar-refractivity contribution in [3.05, 3.63) is 35.6 Å². The molecule has 1 aliphatic rings. The second-order valence-electron chi connectivity index (χ2n) is 5.68. The van der Waals surface area contributed by atoms with Crippen LogP contribution in [0.5, 0.6) is 0 Å². The van der Waals surface area contributed by atoms with Crippen LogP contribution in [0.2, 0.25) is 0 Å². The normalized spacial score (nSPS) is 31.1. The van der Waals surface area contributed by atoms with E-state index in [9.17, 15) is 27.1 Å². The molecule has 0 saturated heterocycles. The summed E-state index contributed by atoms with van der Waals surface area (Å²) >= 11 is 0. The van der Waals surface area contributed by atoms with Crippen LogP contribution in [-0.2, 0) is 5.54 Å². The van der Waals surface area contributed by atoms with Gasteiger partial charge in [0.2, 0.25) is 0 Å². The van der Waals surface area contributed by atoms with Crippen molar-refractivity contribution in [3.63, 3.8) is 0 Å². The van der Waals surface area contributed by atoms with E-state index in [1.165, 1.54) is 12.1 Å². The number of halogens is 5. The average molecular weight is 309 g/mol. The van der Waals surface area contributed by atoms with E-state index in [4.69, 9.17) is 5.73 Å². The Morgan fingerprint density at radius 1 is 1.29 bits per heavy atom. The Morgan fingerprint density at radius 3 is 2.43 bits per heavy atom. The van der Waals surface area contributed by atoms with E-state index < -0.39 is 55.0 Å². The SMILES string of the molecule is N[C@](CF)(c1ccccc1F)[C@H]1CC(F)(F)C[C@]1(O)CF. The number of hydrogen-bond acceptors (Lipinski definition) is 2. The molecule has 3 atom stereocenters. The van der Waals surface area contributed by atoms with Gasteiger partial charge in [0.1, 0.15) is 24.8 Å². The summed E-state index contributed by atoms with van der Waals surface area (Å²) < 4.78 is 67.6. The van der Waals surface area contributed by atoms with E-state index in [0.29, 0.717) is 0 Å². The second kappa shape index (κ2) is 5.21. The van der Waals surface area contributed by atoms with Gasteiger partial charge in [-0.15, -0.1) is 0 Å². The topological polar surface area (TPSA) is 46.2 Å². The molecule has 0 bridgehead atoms. The molecule has 1 aliphatic carbocycles. The smallest absolute Gasteiger partial charge is 0.251 e. The van der Waals surface area contributed by atoms with E-state index in [1.54, 1.807) is 0 Å². The van der Waals surface area contributed by atoms with Gasteiger partial charge >= 0.3 is 0 Å². The summed E-state index contributed by atoms with van der Waals surface area (Å²) in [7, 11) is 0. The zero-order valence-electron chi connectivity index (χ0n) is 11.1. The first-order chi connectivity index (χ1) is 9.68. The van der Waals surface area contributed by atoms with Gasteiger partial charge in [-0.25, -0.2) is 22.0 Å². The van der Waals surface area contributed by atoms with Crippen LogP contribution in [0.25, 0.3) is 0 Å². The number of hydrogen-bond donors (Lipinski definition) is 2. The van der Waals surface area contributed by atoms with E-state index in [0.717, 1.165) is 12.1 Å². The van der Waals surface area contributed by atoms with E-state index in [-0.39, 0.29) is 5.56 Å². The molecule has 118 valence electrons. The molecule has 1 saturated carbocycles. The van der Waals surface area contributed by atoms with Crippen molar-refractivity contribution in [1.82, 2.24) is 0 Å². The molecule has 0 aromatic heterocycles. The molecule has 2 nitrogen and oxygen atoms in total. The number of aliphatic hydroxyl groups is 1. The zero-order valence-corrected chi connectivity index (χ0v) is 11.1. The van der Waals surface area contributed by atoms with Crippen LogP contribution in [0.15, 0.2) is 24.3 Å². The summed E-state index contributed by atoms with van der Waals surface area (Å²) in [5, 5.41) is 10.1. The van der Waals surface area contributed by atoms with Crippen LogP contribution in [0.3, 0.4) is 0 Å². The Labute approximate surface area is 118 Å². The third kappa shape index (κ3) is 2.64. The standard InChI is InChI=1S/C14H16F5NO/c15-7-12(21)6-13(18,19)5-11(12)14(20,8-16)9-3-1-2-4-10(9)17/h1-4,11,21H,5-8,20H2/t11-,12-,14+/m0/s1. The lowest BCUT2D eigenvalue weighted by Crippen LogP contribution is -2.55. The number of alkyl halides is 4. The largest absolute Gasteiger partial charge is 0.387 e. The summed E-state index contributed by atoms with van der Waals surface area (Å²) in [6, 6.07) is 4.87. The fraction of sp³-hybridized carbons (Fsp3) is 0.571. The Morgan fingerprint density at radius 2 is 1.90 bits per heavy atom. The molecule has 7 heteroatoms. The molecular formula is C14H16F5NO. The van der Waals surface area contributed by atoms with Crippen molar-refractivity contribution in [2.45, 2.75) is 29.9 Å². The van der Waals surface area contributed by atoms with Gasteiger partial charge in [0.25, 0.3) is 5.92 Å². The molecule has 2 rings (SSSR count). The lowest BCUT2D eigenvalue weighted by Gasteiger charge is -2.40. The molecule has 3 N–H and O–H groups in total. The van der Waals surface area contributed by atoms with Gasteiger partial charge < -0.3 is 10.8 Å². The fourth-order valence-corrected chi connectivity index (χ4v) is 3.13. The number of benzene rings is 1. The van der Waals surface area contributed by atoms with Crippen molar-refractivity contribution < 1.29 is 27.1 Å². The van der Waals surface area contributed by atoms with Crippen molar-refractivity contribution >= 4 is 0 Å². The molecule has 21 heavy (non-hydrogen) atoms. The molecule has 1 aromatic carbocycles. The van der Waals surface area contributed by atoms with Gasteiger partial charge in [0.05, 0.1) is 5.54 Å². The highest BCUT2D eigenvalue weighted by Gasteiger charge is 2.62. The molecule has 0 aliphatic heterocycles. The van der Waals surface area contributed by atoms with Gasteiger partial charge in [0, 0.05) is 24.3 Å². The third-order valence-electron chi connectivity index (χ3n) is 4.17. The minimum Gasteiger partial charge on any atom is -0.387 e. The summed E-state index contributed by atoms with van der Waals surface area (Å²) in [6.45, 7) is -2.89. The van der Waals surface area contributed by atoms with Gasteiger partial charge in [-0.1, -0.05) is 18.2 Å². The Bertz CT molecular complexity index is 526. The minimum absolute atomic E-state index is 0.345. The van der Waals surface area contributed by atoms with E-state index >= 15 is 0 Å². The highest BCUT2D eigenvalue weighted by molar-refractivity contribution is 5.29. The Hall–Kier alpha value is -1.21. The summed E-state index contributed by atoms with van der Waals surface area (Å²) in [6.07, 6.45) is -2.16. The van der Waals surface area contributed by atoms with Crippen molar-refractivity contribution in [3.8, 4) is 0 Å². The number of nitrogens with two attached hydrogens (primary N) is 1. The maximum Gasteiger partial charge on any atom is 0.251 e. The Kier molecular flexibility index (Phi) is 4.01. The summed E-state index contributed by atoms with van der Waals surface area (Å²) in [4.78, 5) is 0. The molecule has 0 heterocycles. The van der Waals surface area contributed by atoms with Crippen LogP contribution in [0, 0.1) is 11.7 Å². The molecule has 0 amide bonds. The lowest BCUT2D eigenvalue weighted by molar-refractivity contribution is -0.0653. The maximum absolute atomic E-state index is 13.9. The summed E-state index contributed by atoms with van der Waals surface area (Å²) in [5.74, 6) is -5.89. The number of rotatable bonds is 4. The zero-order chi connectivity index (χ0) is 15.9. The first-order valence-corrected chi connectivity index (χ1v) is 6.44. The monoisotopic (exact) mass is 309 g/mol. The van der Waals surface area contributed by atoms with Gasteiger partial charge in [-0.3, -0.25) is 0 Å². The van der Waals surface area contributed by atoms with Crippen molar-refractivity contribution in [2.24, 2.45) is 11.7 Å². The van der Waals surface area contributed by atoms with Gasteiger partial charge in [-0.2, -0.15) is 0 Å². The first-order valence-electron chi connectivity index (χ1n) is 6.44. The van der Waals surface area contributed by atoms with Crippen LogP contribution < -0.4 is 5.73 Å². The molecule has 0 radical (unpaired) electrons. The van der Waals surface area contributed by atoms with E-state index in [1.807, 2.05) is 0 Å². The average Bonchev–Trinajstić information content (AvgIpc) is 2.69. The quantitative estimate of drug-likeness (QED) is 0.840. The van der Waals surface area contributed by atoms with E-state index in [2.05, 4.69) is 0 Å². The highest BCUT2D eigenvalue weighted by Crippen LogP contribution is 2.52. The molecule has 1 fully saturated rings. The van der Waals surface area contributed by atoms with Gasteiger partial charge in [0.15, 0.2) is 0 Å².